The quantitative estimate of drug-likeness (QED) is 0.666. The Kier molecular flexibility index (Phi) is 2.25. The van der Waals surface area contributed by atoms with Crippen LogP contribution in [-0.2, 0) is 4.74 Å². The Hall–Kier alpha value is -2.10. The Morgan fingerprint density at radius 3 is 2.80 bits per heavy atom. The van der Waals surface area contributed by atoms with Gasteiger partial charge in [0.25, 0.3) is 0 Å². The number of hydrogen-bond acceptors (Lipinski definition) is 3. The van der Waals surface area contributed by atoms with Gasteiger partial charge in [0.1, 0.15) is 0 Å². The van der Waals surface area contributed by atoms with E-state index >= 15 is 0 Å². The summed E-state index contributed by atoms with van der Waals surface area (Å²) in [4.78, 5) is 22.2. The van der Waals surface area contributed by atoms with Gasteiger partial charge in [-0.3, -0.25) is 4.79 Å². The highest BCUT2D eigenvalue weighted by Gasteiger charge is 2.13. The molecule has 2 rings (SSSR count). The maximum absolute atomic E-state index is 11.5. The van der Waals surface area contributed by atoms with Crippen LogP contribution in [0.2, 0.25) is 0 Å². The number of carbonyl (C=O) groups is 2. The number of carbonyl (C=O) groups excluding carboxylic acids is 2. The molecular formula is C11H9NO3. The van der Waals surface area contributed by atoms with Crippen molar-refractivity contribution in [3.8, 4) is 0 Å². The van der Waals surface area contributed by atoms with E-state index in [1.165, 1.54) is 11.7 Å². The summed E-state index contributed by atoms with van der Waals surface area (Å²) >= 11 is 0. The summed E-state index contributed by atoms with van der Waals surface area (Å²) in [5.74, 6) is 0. The molecule has 1 aromatic carbocycles. The highest BCUT2D eigenvalue weighted by molar-refractivity contribution is 5.96. The largest absolute Gasteiger partial charge is 0.452 e. The Bertz CT molecular complexity index is 528. The molecule has 0 spiro atoms. The van der Waals surface area contributed by atoms with Gasteiger partial charge in [-0.2, -0.15) is 0 Å². The van der Waals surface area contributed by atoms with Gasteiger partial charge in [0.05, 0.1) is 18.3 Å². The molecule has 4 heteroatoms. The highest BCUT2D eigenvalue weighted by atomic mass is 16.5. The summed E-state index contributed by atoms with van der Waals surface area (Å²) < 4.78 is 5.86. The average Bonchev–Trinajstić information content (AvgIpc) is 2.66. The molecule has 0 saturated heterocycles. The zero-order valence-electron chi connectivity index (χ0n) is 8.14. The van der Waals surface area contributed by atoms with Gasteiger partial charge in [-0.1, -0.05) is 18.2 Å². The molecule has 0 aliphatic carbocycles. The molecule has 0 N–H and O–H groups in total. The van der Waals surface area contributed by atoms with Crippen molar-refractivity contribution >= 4 is 23.3 Å². The lowest BCUT2D eigenvalue weighted by Crippen LogP contribution is -2.13. The number of benzene rings is 1. The first kappa shape index (κ1) is 9.45. The van der Waals surface area contributed by atoms with Crippen LogP contribution in [0.5, 0.6) is 0 Å². The van der Waals surface area contributed by atoms with Gasteiger partial charge < -0.3 is 4.74 Å². The number of hydrogen-bond donors (Lipinski definition) is 0. The van der Waals surface area contributed by atoms with Gasteiger partial charge in [0.2, 0.25) is 0 Å². The summed E-state index contributed by atoms with van der Waals surface area (Å²) in [6, 6.07) is 8.90. The van der Waals surface area contributed by atoms with E-state index in [9.17, 15) is 9.59 Å². The van der Waals surface area contributed by atoms with E-state index in [0.717, 1.165) is 5.39 Å². The second kappa shape index (κ2) is 3.57. The summed E-state index contributed by atoms with van der Waals surface area (Å²) in [5, 5.41) is 0.838. The van der Waals surface area contributed by atoms with Crippen molar-refractivity contribution < 1.29 is 14.3 Å². The zero-order chi connectivity index (χ0) is 10.8. The van der Waals surface area contributed by atoms with Crippen molar-refractivity contribution in [2.45, 2.75) is 0 Å². The van der Waals surface area contributed by atoms with Crippen molar-refractivity contribution in [2.75, 3.05) is 7.11 Å². The molecule has 0 aliphatic heterocycles. The fourth-order valence-corrected chi connectivity index (χ4v) is 1.56. The Balaban J connectivity index is 2.78. The van der Waals surface area contributed by atoms with Crippen LogP contribution in [0.4, 0.5) is 4.79 Å². The molecule has 1 heterocycles. The molecule has 15 heavy (non-hydrogen) atoms. The van der Waals surface area contributed by atoms with Crippen LogP contribution in [0.15, 0.2) is 30.3 Å². The Labute approximate surface area is 86.1 Å². The smallest absolute Gasteiger partial charge is 0.418 e. The average molecular weight is 203 g/mol. The van der Waals surface area contributed by atoms with Crippen LogP contribution in [-0.4, -0.2) is 24.1 Å². The van der Waals surface area contributed by atoms with E-state index in [4.69, 9.17) is 0 Å². The molecule has 0 aliphatic rings. The van der Waals surface area contributed by atoms with Crippen LogP contribution < -0.4 is 0 Å². The molecule has 0 unspecified atom stereocenters. The van der Waals surface area contributed by atoms with E-state index in [1.807, 2.05) is 12.1 Å². The van der Waals surface area contributed by atoms with Crippen molar-refractivity contribution in [1.29, 1.82) is 0 Å². The third kappa shape index (κ3) is 1.40. The van der Waals surface area contributed by atoms with Crippen LogP contribution in [0.1, 0.15) is 10.5 Å². The first-order valence-corrected chi connectivity index (χ1v) is 4.42. The van der Waals surface area contributed by atoms with Crippen molar-refractivity contribution in [1.82, 2.24) is 4.57 Å². The minimum absolute atomic E-state index is 0.294. The van der Waals surface area contributed by atoms with Gasteiger partial charge in [-0.25, -0.2) is 9.36 Å². The maximum atomic E-state index is 11.5. The molecule has 0 atom stereocenters. The lowest BCUT2D eigenvalue weighted by Gasteiger charge is -2.03. The van der Waals surface area contributed by atoms with Crippen LogP contribution in [0.3, 0.4) is 0 Å². The summed E-state index contributed by atoms with van der Waals surface area (Å²) in [6.45, 7) is 0. The van der Waals surface area contributed by atoms with Crippen molar-refractivity contribution in [2.24, 2.45) is 0 Å². The van der Waals surface area contributed by atoms with Crippen LogP contribution in [0.25, 0.3) is 10.9 Å². The molecule has 1 aromatic heterocycles. The number of aldehydes is 1. The fourth-order valence-electron chi connectivity index (χ4n) is 1.56. The van der Waals surface area contributed by atoms with Gasteiger partial charge in [-0.05, 0) is 12.1 Å². The topological polar surface area (TPSA) is 48.3 Å². The van der Waals surface area contributed by atoms with E-state index in [2.05, 4.69) is 4.74 Å². The minimum Gasteiger partial charge on any atom is -0.452 e. The van der Waals surface area contributed by atoms with Crippen LogP contribution in [0, 0.1) is 0 Å². The molecule has 0 fully saturated rings. The monoisotopic (exact) mass is 203 g/mol. The van der Waals surface area contributed by atoms with E-state index in [-0.39, 0.29) is 0 Å². The first-order valence-electron chi connectivity index (χ1n) is 4.42. The van der Waals surface area contributed by atoms with E-state index in [0.29, 0.717) is 17.5 Å². The summed E-state index contributed by atoms with van der Waals surface area (Å²) in [6.07, 6.45) is 0.0787. The molecule has 2 aromatic rings. The van der Waals surface area contributed by atoms with E-state index < -0.39 is 6.09 Å². The lowest BCUT2D eigenvalue weighted by molar-refractivity contribution is 0.111. The minimum atomic E-state index is -0.557. The zero-order valence-corrected chi connectivity index (χ0v) is 8.14. The number of aromatic nitrogens is 1. The number of methoxy groups -OCH3 is 1. The van der Waals surface area contributed by atoms with Gasteiger partial charge in [0.15, 0.2) is 6.29 Å². The summed E-state index contributed by atoms with van der Waals surface area (Å²) in [7, 11) is 1.28. The highest BCUT2D eigenvalue weighted by Crippen LogP contribution is 2.18. The molecule has 0 amide bonds. The number of rotatable bonds is 1. The number of ether oxygens (including phenoxy) is 1. The summed E-state index contributed by atoms with van der Waals surface area (Å²) in [5.41, 5.74) is 0.967. The van der Waals surface area contributed by atoms with Gasteiger partial charge in [0, 0.05) is 5.39 Å². The molecule has 76 valence electrons. The van der Waals surface area contributed by atoms with Crippen molar-refractivity contribution in [3.63, 3.8) is 0 Å². The molecule has 0 saturated carbocycles. The third-order valence-electron chi connectivity index (χ3n) is 2.22. The standard InChI is InChI=1S/C11H9NO3/c1-15-11(14)12-9(7-13)6-8-4-2-3-5-10(8)12/h2-7H,1H3. The van der Waals surface area contributed by atoms with E-state index in [1.54, 1.807) is 18.2 Å². The molecule has 4 nitrogen and oxygen atoms in total. The molecule has 0 bridgehead atoms. The second-order valence-corrected chi connectivity index (χ2v) is 3.05. The van der Waals surface area contributed by atoms with Crippen molar-refractivity contribution in [3.05, 3.63) is 36.0 Å². The van der Waals surface area contributed by atoms with Gasteiger partial charge in [-0.15, -0.1) is 0 Å². The Morgan fingerprint density at radius 2 is 2.13 bits per heavy atom. The van der Waals surface area contributed by atoms with Crippen LogP contribution >= 0.6 is 0 Å². The number of para-hydroxylation sites is 1. The first-order chi connectivity index (χ1) is 7.27. The predicted octanol–water partition coefficient (Wildman–Crippen LogP) is 2.07. The lowest BCUT2D eigenvalue weighted by atomic mass is 10.2. The second-order valence-electron chi connectivity index (χ2n) is 3.05. The third-order valence-corrected chi connectivity index (χ3v) is 2.22. The normalized spacial score (nSPS) is 10.2. The number of fused-ring (bicyclic) bond motifs is 1. The molecular weight excluding hydrogens is 194 g/mol. The Morgan fingerprint density at radius 1 is 1.40 bits per heavy atom. The SMILES string of the molecule is COC(=O)n1c(C=O)cc2ccccc21. The predicted molar refractivity (Wildman–Crippen MR) is 55.1 cm³/mol. The fraction of sp³-hybridized carbons (Fsp3) is 0.0909. The maximum Gasteiger partial charge on any atom is 0.418 e. The molecule has 0 radical (unpaired) electrons. The number of nitrogens with zero attached hydrogens (tertiary/aromatic N) is 1. The van der Waals surface area contributed by atoms with Gasteiger partial charge >= 0.3 is 6.09 Å².